The summed E-state index contributed by atoms with van der Waals surface area (Å²) in [6.45, 7) is 9.04. The number of amides is 4. The van der Waals surface area contributed by atoms with Crippen LogP contribution in [0.3, 0.4) is 0 Å². The van der Waals surface area contributed by atoms with Gasteiger partial charge in [-0.2, -0.15) is 0 Å². The zero-order valence-electron chi connectivity index (χ0n) is 34.6. The number of nitrogens with two attached hydrogens (primary N) is 2. The lowest BCUT2D eigenvalue weighted by molar-refractivity contribution is -0.137. The summed E-state index contributed by atoms with van der Waals surface area (Å²) in [5.41, 5.74) is 13.4. The average Bonchev–Trinajstić information content (AvgIpc) is 3.84. The van der Waals surface area contributed by atoms with Crippen molar-refractivity contribution in [2.24, 2.45) is 11.5 Å². The van der Waals surface area contributed by atoms with E-state index < -0.39 is 47.3 Å². The Labute approximate surface area is 356 Å². The molecule has 4 amide bonds. The van der Waals surface area contributed by atoms with Gasteiger partial charge in [0.2, 0.25) is 23.1 Å². The first-order chi connectivity index (χ1) is 29.4. The first kappa shape index (κ1) is 45.2. The minimum Gasteiger partial charge on any atom is -0.508 e. The fraction of sp³-hybridized carbons (Fsp3) is 0.217. The summed E-state index contributed by atoms with van der Waals surface area (Å²) < 4.78 is 16.8. The van der Waals surface area contributed by atoms with Crippen LogP contribution in [0.5, 0.6) is 11.5 Å². The molecule has 6 aromatic rings. The van der Waals surface area contributed by atoms with Crippen LogP contribution < -0.4 is 26.8 Å². The Morgan fingerprint density at radius 2 is 0.984 bits per heavy atom. The molecule has 16 heteroatoms. The number of aromatic nitrogens is 2. The van der Waals surface area contributed by atoms with E-state index in [9.17, 15) is 33.9 Å². The van der Waals surface area contributed by atoms with Crippen molar-refractivity contribution >= 4 is 35.2 Å². The first-order valence-electron chi connectivity index (χ1n) is 19.3. The van der Waals surface area contributed by atoms with Gasteiger partial charge in [0.05, 0.1) is 0 Å². The molecule has 0 saturated carbocycles. The Bertz CT molecular complexity index is 2540. The second-order valence-corrected chi connectivity index (χ2v) is 15.0. The lowest BCUT2D eigenvalue weighted by atomic mass is 10.0. The average molecular weight is 843 g/mol. The van der Waals surface area contributed by atoms with E-state index in [1.54, 1.807) is 86.6 Å². The number of primary amides is 2. The number of benzene rings is 4. The Balaban J connectivity index is 0.000000236. The van der Waals surface area contributed by atoms with Gasteiger partial charge >= 0.3 is 0 Å². The molecule has 0 aliphatic heterocycles. The Hall–Kier alpha value is -7.88. The fourth-order valence-electron chi connectivity index (χ4n) is 6.11. The van der Waals surface area contributed by atoms with Gasteiger partial charge in [0.15, 0.2) is 11.8 Å². The number of hydrogen-bond donors (Lipinski definition) is 5. The number of ketones is 2. The molecule has 2 atom stereocenters. The zero-order chi connectivity index (χ0) is 45.1. The molecule has 0 spiro atoms. The van der Waals surface area contributed by atoms with E-state index in [4.69, 9.17) is 25.0 Å². The lowest BCUT2D eigenvalue weighted by Gasteiger charge is -2.21. The molecule has 6 rings (SSSR count). The van der Waals surface area contributed by atoms with Crippen molar-refractivity contribution in [3.05, 3.63) is 144 Å². The third-order valence-electron chi connectivity index (χ3n) is 8.87. The topological polar surface area (TPSA) is 260 Å². The highest BCUT2D eigenvalue weighted by atomic mass is 16.5. The maximum Gasteiger partial charge on any atom is 0.290 e. The predicted octanol–water partition coefficient (Wildman–Crippen LogP) is 4.97. The van der Waals surface area contributed by atoms with E-state index in [1.807, 2.05) is 45.0 Å². The van der Waals surface area contributed by atoms with Crippen molar-refractivity contribution in [1.29, 1.82) is 0 Å². The standard InChI is InChI=1S/C25H27N3O5.C21H19N3O5/c1-15-27-20(17-8-6-5-7-9-17)22(32-15)24(31)28-19(21(29)23(26)30)14-16-10-12-18(13-11-16)33-25(2,3)4;1-12-23-17(14-5-3-2-4-6-14)19(29-12)21(28)24-16(18(26)20(22)27)11-13-7-9-15(25)10-8-13/h5-13,19H,14H2,1-4H3,(H2,26,30)(H,28,31);2-10,16,25H,11H2,1H3,(H2,22,27)(H,24,28)/t19-;16-/m00/s1. The number of nitrogens with zero attached hydrogens (tertiary/aromatic N) is 2. The number of phenolic OH excluding ortho intramolecular Hbond substituents is 1. The van der Waals surface area contributed by atoms with Gasteiger partial charge < -0.3 is 40.8 Å². The maximum atomic E-state index is 13.0. The molecule has 0 bridgehead atoms. The summed E-state index contributed by atoms with van der Waals surface area (Å²) in [4.78, 5) is 82.2. The van der Waals surface area contributed by atoms with Crippen LogP contribution in [-0.4, -0.2) is 68.0 Å². The molecular weight excluding hydrogens is 797 g/mol. The number of aromatic hydroxyl groups is 1. The number of aryl methyl sites for hydroxylation is 2. The molecule has 4 aromatic carbocycles. The van der Waals surface area contributed by atoms with Gasteiger partial charge in [0.25, 0.3) is 23.6 Å². The van der Waals surface area contributed by atoms with E-state index >= 15 is 0 Å². The summed E-state index contributed by atoms with van der Waals surface area (Å²) in [5.74, 6) is -4.31. The number of nitrogens with one attached hydrogen (secondary N) is 2. The second kappa shape index (κ2) is 19.9. The van der Waals surface area contributed by atoms with E-state index in [2.05, 4.69) is 20.6 Å². The summed E-state index contributed by atoms with van der Waals surface area (Å²) in [6.07, 6.45) is 0.0820. The van der Waals surface area contributed by atoms with Crippen molar-refractivity contribution in [1.82, 2.24) is 20.6 Å². The van der Waals surface area contributed by atoms with Crippen LogP contribution in [0.2, 0.25) is 0 Å². The molecule has 62 heavy (non-hydrogen) atoms. The summed E-state index contributed by atoms with van der Waals surface area (Å²) >= 11 is 0. The largest absolute Gasteiger partial charge is 0.508 e. The number of carbonyl (C=O) groups excluding carboxylic acids is 6. The molecule has 2 aromatic heterocycles. The SMILES string of the molecule is Cc1nc(-c2ccccc2)c(C(=O)N[C@@H](Cc2ccc(O)cc2)C(=O)C(N)=O)o1.Cc1nc(-c2ccccc2)c(C(=O)N[C@@H](Cc2ccc(OC(C)(C)C)cc2)C(=O)C(N)=O)o1. The second-order valence-electron chi connectivity index (χ2n) is 15.0. The van der Waals surface area contributed by atoms with Crippen LogP contribution in [0, 0.1) is 13.8 Å². The van der Waals surface area contributed by atoms with Crippen molar-refractivity contribution in [3.63, 3.8) is 0 Å². The smallest absolute Gasteiger partial charge is 0.290 e. The molecule has 0 fully saturated rings. The minimum absolute atomic E-state index is 0.0155. The van der Waals surface area contributed by atoms with Crippen LogP contribution in [0.25, 0.3) is 22.5 Å². The third-order valence-corrected chi connectivity index (χ3v) is 8.87. The zero-order valence-corrected chi connectivity index (χ0v) is 34.6. The van der Waals surface area contributed by atoms with Crippen molar-refractivity contribution in [2.45, 2.75) is 65.1 Å². The van der Waals surface area contributed by atoms with Crippen molar-refractivity contribution in [2.75, 3.05) is 0 Å². The normalized spacial score (nSPS) is 11.9. The van der Waals surface area contributed by atoms with Crippen molar-refractivity contribution < 1.29 is 47.4 Å². The van der Waals surface area contributed by atoms with Crippen molar-refractivity contribution in [3.8, 4) is 34.0 Å². The molecule has 0 aliphatic rings. The molecule has 16 nitrogen and oxygen atoms in total. The Morgan fingerprint density at radius 1 is 0.613 bits per heavy atom. The first-order valence-corrected chi connectivity index (χ1v) is 19.3. The van der Waals surface area contributed by atoms with Gasteiger partial charge in [-0.05, 0) is 56.2 Å². The number of Topliss-reactive ketones (excluding diaryl/α,β-unsaturated/α-hetero) is 2. The molecule has 0 aliphatic carbocycles. The maximum absolute atomic E-state index is 13.0. The van der Waals surface area contributed by atoms with E-state index in [1.165, 1.54) is 12.1 Å². The summed E-state index contributed by atoms with van der Waals surface area (Å²) in [6, 6.07) is 28.8. The predicted molar refractivity (Wildman–Crippen MR) is 227 cm³/mol. The van der Waals surface area contributed by atoms with Crippen LogP contribution in [0.15, 0.2) is 118 Å². The molecular formula is C46H46N6O10. The number of rotatable bonds is 15. The minimum atomic E-state index is -1.20. The third kappa shape index (κ3) is 12.3. The number of oxazole rings is 2. The lowest BCUT2D eigenvalue weighted by Crippen LogP contribution is -2.47. The highest BCUT2D eigenvalue weighted by Crippen LogP contribution is 2.26. The summed E-state index contributed by atoms with van der Waals surface area (Å²) in [5, 5.41) is 14.5. The summed E-state index contributed by atoms with van der Waals surface area (Å²) in [7, 11) is 0. The van der Waals surface area contributed by atoms with Gasteiger partial charge in [0.1, 0.15) is 40.6 Å². The number of hydrogen-bond acceptors (Lipinski definition) is 12. The molecule has 0 saturated heterocycles. The number of carbonyl (C=O) groups is 6. The van der Waals surface area contributed by atoms with Gasteiger partial charge in [-0.1, -0.05) is 84.9 Å². The van der Waals surface area contributed by atoms with E-state index in [0.29, 0.717) is 45.3 Å². The van der Waals surface area contributed by atoms with Gasteiger partial charge in [-0.15, -0.1) is 0 Å². The number of ether oxygens (including phenoxy) is 1. The van der Waals surface area contributed by atoms with Crippen LogP contribution in [0.4, 0.5) is 0 Å². The van der Waals surface area contributed by atoms with Gasteiger partial charge in [-0.25, -0.2) is 9.97 Å². The highest BCUT2D eigenvalue weighted by molar-refractivity contribution is 6.38. The monoisotopic (exact) mass is 842 g/mol. The van der Waals surface area contributed by atoms with Gasteiger partial charge in [0, 0.05) is 37.8 Å². The molecule has 320 valence electrons. The molecule has 0 radical (unpaired) electrons. The molecule has 7 N–H and O–H groups in total. The Kier molecular flexibility index (Phi) is 14.5. The van der Waals surface area contributed by atoms with Crippen LogP contribution >= 0.6 is 0 Å². The van der Waals surface area contributed by atoms with E-state index in [-0.39, 0.29) is 41.6 Å². The molecule has 2 heterocycles. The van der Waals surface area contributed by atoms with Crippen LogP contribution in [0.1, 0.15) is 64.8 Å². The van der Waals surface area contributed by atoms with Gasteiger partial charge in [-0.3, -0.25) is 28.8 Å². The van der Waals surface area contributed by atoms with E-state index in [0.717, 1.165) is 0 Å². The fourth-order valence-corrected chi connectivity index (χ4v) is 6.11. The quantitative estimate of drug-likeness (QED) is 0.0859. The van der Waals surface area contributed by atoms with Crippen LogP contribution in [-0.2, 0) is 32.0 Å². The number of phenols is 1. The highest BCUT2D eigenvalue weighted by Gasteiger charge is 2.31. The molecule has 0 unspecified atom stereocenters. The Morgan fingerprint density at radius 3 is 1.34 bits per heavy atom.